The first-order valence-electron chi connectivity index (χ1n) is 5.75. The molecule has 1 aromatic carbocycles. The molecule has 1 aromatic rings. The van der Waals surface area contributed by atoms with Crippen molar-refractivity contribution in [2.75, 3.05) is 7.11 Å². The number of ether oxygens (including phenoxy) is 1. The third-order valence-corrected chi connectivity index (χ3v) is 2.81. The number of nitrogens with two attached hydrogens (primary N) is 1. The summed E-state index contributed by atoms with van der Waals surface area (Å²) in [7, 11) is 1.45. The van der Waals surface area contributed by atoms with Crippen LogP contribution in [0, 0.1) is 0 Å². The summed E-state index contributed by atoms with van der Waals surface area (Å²) in [4.78, 5) is 10.7. The molecule has 1 rings (SSSR count). The molecule has 1 unspecified atom stereocenters. The molecular formula is C13H19NO4. The molecule has 0 fully saturated rings. The second-order valence-corrected chi connectivity index (χ2v) is 4.52. The number of carboxylic acid groups (broad SMARTS) is 1. The molecule has 0 aliphatic rings. The summed E-state index contributed by atoms with van der Waals surface area (Å²) in [5, 5.41) is 18.7. The normalized spacial score (nSPS) is 12.5. The Balaban J connectivity index is 3.23. The number of aromatic hydroxyl groups is 1. The lowest BCUT2D eigenvalue weighted by Crippen LogP contribution is -2.15. The summed E-state index contributed by atoms with van der Waals surface area (Å²) in [5.74, 6) is -0.543. The highest BCUT2D eigenvalue weighted by Crippen LogP contribution is 2.37. The third-order valence-electron chi connectivity index (χ3n) is 2.81. The largest absolute Gasteiger partial charge is 0.504 e. The van der Waals surface area contributed by atoms with E-state index < -0.39 is 12.0 Å². The van der Waals surface area contributed by atoms with Crippen LogP contribution in [-0.2, 0) is 4.79 Å². The van der Waals surface area contributed by atoms with Crippen molar-refractivity contribution in [3.8, 4) is 11.5 Å². The zero-order chi connectivity index (χ0) is 13.9. The predicted octanol–water partition coefficient (Wildman–Crippen LogP) is 2.00. The van der Waals surface area contributed by atoms with E-state index in [4.69, 9.17) is 15.6 Å². The van der Waals surface area contributed by atoms with E-state index in [1.54, 1.807) is 12.1 Å². The molecule has 0 bridgehead atoms. The molecule has 0 radical (unpaired) electrons. The molecule has 18 heavy (non-hydrogen) atoms. The van der Waals surface area contributed by atoms with Gasteiger partial charge in [0.15, 0.2) is 11.5 Å². The summed E-state index contributed by atoms with van der Waals surface area (Å²) in [6.45, 7) is 4.00. The first-order chi connectivity index (χ1) is 8.36. The number of benzene rings is 1. The summed E-state index contributed by atoms with van der Waals surface area (Å²) in [6, 6.07) is 2.71. The van der Waals surface area contributed by atoms with Crippen LogP contribution < -0.4 is 10.5 Å². The van der Waals surface area contributed by atoms with E-state index in [9.17, 15) is 9.90 Å². The Morgan fingerprint density at radius 1 is 1.44 bits per heavy atom. The van der Waals surface area contributed by atoms with Crippen LogP contribution in [0.4, 0.5) is 0 Å². The summed E-state index contributed by atoms with van der Waals surface area (Å²) in [6.07, 6.45) is -0.238. The van der Waals surface area contributed by atoms with Crippen LogP contribution in [0.2, 0.25) is 0 Å². The van der Waals surface area contributed by atoms with Gasteiger partial charge in [-0.05, 0) is 23.6 Å². The Morgan fingerprint density at radius 2 is 2.06 bits per heavy atom. The predicted molar refractivity (Wildman–Crippen MR) is 67.9 cm³/mol. The Bertz CT molecular complexity index is 443. The van der Waals surface area contributed by atoms with E-state index in [0.717, 1.165) is 5.56 Å². The van der Waals surface area contributed by atoms with Crippen molar-refractivity contribution in [3.05, 3.63) is 23.3 Å². The lowest BCUT2D eigenvalue weighted by Gasteiger charge is -2.17. The highest BCUT2D eigenvalue weighted by molar-refractivity contribution is 5.68. The molecule has 0 saturated carbocycles. The van der Waals surface area contributed by atoms with Crippen molar-refractivity contribution >= 4 is 5.97 Å². The molecule has 4 N–H and O–H groups in total. The number of methoxy groups -OCH3 is 1. The average Bonchev–Trinajstić information content (AvgIpc) is 2.27. The molecule has 5 nitrogen and oxygen atoms in total. The number of hydrogen-bond donors (Lipinski definition) is 3. The first kappa shape index (κ1) is 14.3. The lowest BCUT2D eigenvalue weighted by molar-refractivity contribution is -0.137. The van der Waals surface area contributed by atoms with Gasteiger partial charge in [0.1, 0.15) is 0 Å². The van der Waals surface area contributed by atoms with Crippen molar-refractivity contribution in [2.24, 2.45) is 5.73 Å². The smallest absolute Gasteiger partial charge is 0.305 e. The quantitative estimate of drug-likeness (QED) is 0.746. The molecular weight excluding hydrogens is 234 g/mol. The Kier molecular flexibility index (Phi) is 4.55. The van der Waals surface area contributed by atoms with Gasteiger partial charge in [-0.25, -0.2) is 0 Å². The van der Waals surface area contributed by atoms with Gasteiger partial charge in [-0.1, -0.05) is 13.8 Å². The van der Waals surface area contributed by atoms with Gasteiger partial charge in [-0.15, -0.1) is 0 Å². The van der Waals surface area contributed by atoms with E-state index >= 15 is 0 Å². The van der Waals surface area contributed by atoms with E-state index in [0.29, 0.717) is 11.3 Å². The SMILES string of the molecule is COc1cc(C(C)C)cc(C(N)CC(=O)O)c1O. The minimum Gasteiger partial charge on any atom is -0.504 e. The Morgan fingerprint density at radius 3 is 2.50 bits per heavy atom. The first-order valence-corrected chi connectivity index (χ1v) is 5.75. The second kappa shape index (κ2) is 5.73. The van der Waals surface area contributed by atoms with Gasteiger partial charge in [0.05, 0.1) is 13.5 Å². The minimum atomic E-state index is -1.00. The molecule has 5 heteroatoms. The third kappa shape index (κ3) is 3.13. The molecule has 0 aliphatic carbocycles. The van der Waals surface area contributed by atoms with Crippen molar-refractivity contribution in [3.63, 3.8) is 0 Å². The fourth-order valence-corrected chi connectivity index (χ4v) is 1.72. The van der Waals surface area contributed by atoms with Crippen LogP contribution in [0.1, 0.15) is 43.4 Å². The standard InChI is InChI=1S/C13H19NO4/c1-7(2)8-4-9(10(14)6-12(15)16)13(17)11(5-8)18-3/h4-5,7,10,17H,6,14H2,1-3H3,(H,15,16). The van der Waals surface area contributed by atoms with E-state index in [2.05, 4.69) is 0 Å². The van der Waals surface area contributed by atoms with Gasteiger partial charge in [0.2, 0.25) is 0 Å². The number of aliphatic carboxylic acids is 1. The topological polar surface area (TPSA) is 92.8 Å². The molecule has 100 valence electrons. The fraction of sp³-hybridized carbons (Fsp3) is 0.462. The van der Waals surface area contributed by atoms with Crippen molar-refractivity contribution < 1.29 is 19.7 Å². The Hall–Kier alpha value is -1.75. The van der Waals surface area contributed by atoms with Crippen LogP contribution in [0.15, 0.2) is 12.1 Å². The molecule has 1 atom stereocenters. The maximum Gasteiger partial charge on any atom is 0.305 e. The molecule has 0 saturated heterocycles. The van der Waals surface area contributed by atoms with Gasteiger partial charge in [-0.2, -0.15) is 0 Å². The summed E-state index contributed by atoms with van der Waals surface area (Å²) < 4.78 is 5.08. The van der Waals surface area contributed by atoms with Gasteiger partial charge >= 0.3 is 5.97 Å². The van der Waals surface area contributed by atoms with Crippen LogP contribution in [0.25, 0.3) is 0 Å². The highest BCUT2D eigenvalue weighted by atomic mass is 16.5. The Labute approximate surface area is 106 Å². The average molecular weight is 253 g/mol. The van der Waals surface area contributed by atoms with E-state index in [1.165, 1.54) is 7.11 Å². The summed E-state index contributed by atoms with van der Waals surface area (Å²) >= 11 is 0. The minimum absolute atomic E-state index is 0.0874. The number of phenols is 1. The second-order valence-electron chi connectivity index (χ2n) is 4.52. The molecule has 0 aromatic heterocycles. The lowest BCUT2D eigenvalue weighted by atomic mass is 9.95. The van der Waals surface area contributed by atoms with Crippen LogP contribution in [-0.4, -0.2) is 23.3 Å². The van der Waals surface area contributed by atoms with Gasteiger partial charge in [0.25, 0.3) is 0 Å². The maximum absolute atomic E-state index is 10.7. The van der Waals surface area contributed by atoms with Crippen LogP contribution in [0.5, 0.6) is 11.5 Å². The monoisotopic (exact) mass is 253 g/mol. The molecule has 0 amide bonds. The van der Waals surface area contributed by atoms with Crippen LogP contribution in [0.3, 0.4) is 0 Å². The zero-order valence-electron chi connectivity index (χ0n) is 10.8. The van der Waals surface area contributed by atoms with E-state index in [-0.39, 0.29) is 18.1 Å². The van der Waals surface area contributed by atoms with Gasteiger partial charge in [0, 0.05) is 11.6 Å². The number of carboxylic acids is 1. The van der Waals surface area contributed by atoms with Gasteiger partial charge < -0.3 is 20.7 Å². The van der Waals surface area contributed by atoms with Gasteiger partial charge in [-0.3, -0.25) is 4.79 Å². The van der Waals surface area contributed by atoms with Crippen LogP contribution >= 0.6 is 0 Å². The molecule has 0 spiro atoms. The van der Waals surface area contributed by atoms with Crippen molar-refractivity contribution in [1.29, 1.82) is 0 Å². The molecule has 0 aliphatic heterocycles. The highest BCUT2D eigenvalue weighted by Gasteiger charge is 2.19. The van der Waals surface area contributed by atoms with Crippen molar-refractivity contribution in [1.82, 2.24) is 0 Å². The molecule has 0 heterocycles. The number of carbonyl (C=O) groups is 1. The van der Waals surface area contributed by atoms with E-state index in [1.807, 2.05) is 13.8 Å². The fourth-order valence-electron chi connectivity index (χ4n) is 1.72. The number of phenolic OH excluding ortho intramolecular Hbond substituents is 1. The number of hydrogen-bond acceptors (Lipinski definition) is 4. The maximum atomic E-state index is 10.7. The zero-order valence-corrected chi connectivity index (χ0v) is 10.8. The van der Waals surface area contributed by atoms with Crippen molar-refractivity contribution in [2.45, 2.75) is 32.2 Å². The summed E-state index contributed by atoms with van der Waals surface area (Å²) in [5.41, 5.74) is 7.14. The number of rotatable bonds is 5.